The minimum Gasteiger partial charge on any atom is -0.361 e. The maximum absolute atomic E-state index is 12.8. The minimum atomic E-state index is -0.459. The Hall–Kier alpha value is -3.12. The number of anilines is 2. The van der Waals surface area contributed by atoms with Gasteiger partial charge in [-0.25, -0.2) is 9.69 Å². The van der Waals surface area contributed by atoms with Crippen molar-refractivity contribution in [3.8, 4) is 0 Å². The van der Waals surface area contributed by atoms with Crippen LogP contribution < -0.4 is 10.2 Å². The number of hydrogen-bond acceptors (Lipinski definition) is 3. The Morgan fingerprint density at radius 3 is 2.52 bits per heavy atom. The fraction of sp³-hybridized carbons (Fsp3) is 0.304. The van der Waals surface area contributed by atoms with Crippen LogP contribution >= 0.6 is 0 Å². The molecular formula is C23H26N4O2. The van der Waals surface area contributed by atoms with Crippen LogP contribution in [0.2, 0.25) is 0 Å². The number of nitrogens with zero attached hydrogens (tertiary/aromatic N) is 2. The van der Waals surface area contributed by atoms with Gasteiger partial charge < -0.3 is 15.2 Å². The van der Waals surface area contributed by atoms with Crippen molar-refractivity contribution in [1.82, 2.24) is 9.88 Å². The normalized spacial score (nSPS) is 15.4. The highest BCUT2D eigenvalue weighted by Crippen LogP contribution is 2.34. The topological polar surface area (TPSA) is 68.4 Å². The number of piperidine rings is 1. The molecule has 2 aromatic carbocycles. The molecular weight excluding hydrogens is 364 g/mol. The number of benzene rings is 2. The van der Waals surface area contributed by atoms with Crippen molar-refractivity contribution in [3.63, 3.8) is 0 Å². The SMILES string of the molecule is CC(=O)N(C(=O)Nc1ccc2[nH]cc(C3CCN(C)CC3)c2c1)c1ccccc1. The molecule has 0 atom stereocenters. The van der Waals surface area contributed by atoms with Crippen molar-refractivity contribution < 1.29 is 9.59 Å². The molecule has 1 saturated heterocycles. The molecule has 4 rings (SSSR count). The number of fused-ring (bicyclic) bond motifs is 1. The molecule has 29 heavy (non-hydrogen) atoms. The summed E-state index contributed by atoms with van der Waals surface area (Å²) in [5.74, 6) is 0.187. The van der Waals surface area contributed by atoms with Crippen LogP contribution in [0.15, 0.2) is 54.7 Å². The highest BCUT2D eigenvalue weighted by Gasteiger charge is 2.23. The third-order valence-electron chi connectivity index (χ3n) is 5.66. The Kier molecular flexibility index (Phi) is 5.36. The summed E-state index contributed by atoms with van der Waals surface area (Å²) in [5, 5.41) is 4.02. The van der Waals surface area contributed by atoms with E-state index in [4.69, 9.17) is 0 Å². The first kappa shape index (κ1) is 19.2. The molecule has 2 N–H and O–H groups in total. The second-order valence-electron chi connectivity index (χ2n) is 7.70. The quantitative estimate of drug-likeness (QED) is 0.689. The highest BCUT2D eigenvalue weighted by atomic mass is 16.2. The first-order valence-electron chi connectivity index (χ1n) is 9.99. The van der Waals surface area contributed by atoms with Crippen LogP contribution in [0.4, 0.5) is 16.2 Å². The number of aromatic amines is 1. The van der Waals surface area contributed by atoms with Gasteiger partial charge in [-0.05, 0) is 74.8 Å². The number of urea groups is 1. The summed E-state index contributed by atoms with van der Waals surface area (Å²) in [5.41, 5.74) is 3.59. The van der Waals surface area contributed by atoms with Crippen molar-refractivity contribution in [3.05, 3.63) is 60.3 Å². The van der Waals surface area contributed by atoms with Gasteiger partial charge in [0.1, 0.15) is 0 Å². The van der Waals surface area contributed by atoms with Crippen molar-refractivity contribution in [1.29, 1.82) is 0 Å². The Balaban J connectivity index is 1.58. The van der Waals surface area contributed by atoms with Crippen LogP contribution in [0, 0.1) is 0 Å². The van der Waals surface area contributed by atoms with Crippen LogP contribution in [-0.2, 0) is 4.79 Å². The maximum atomic E-state index is 12.8. The fourth-order valence-corrected chi connectivity index (χ4v) is 4.08. The van der Waals surface area contributed by atoms with Crippen LogP contribution in [0.1, 0.15) is 31.2 Å². The van der Waals surface area contributed by atoms with E-state index in [-0.39, 0.29) is 5.91 Å². The smallest absolute Gasteiger partial charge is 0.333 e. The number of carbonyl (C=O) groups is 2. The van der Waals surface area contributed by atoms with Gasteiger partial charge in [0.2, 0.25) is 5.91 Å². The summed E-state index contributed by atoms with van der Waals surface area (Å²) in [6, 6.07) is 14.3. The van der Waals surface area contributed by atoms with Crippen LogP contribution in [-0.4, -0.2) is 42.0 Å². The van der Waals surface area contributed by atoms with E-state index in [0.29, 0.717) is 17.3 Å². The maximum Gasteiger partial charge on any atom is 0.333 e. The number of likely N-dealkylation sites (tertiary alicyclic amines) is 1. The molecule has 0 unspecified atom stereocenters. The number of para-hydroxylation sites is 1. The lowest BCUT2D eigenvalue weighted by atomic mass is 9.89. The molecule has 2 heterocycles. The molecule has 0 aliphatic carbocycles. The van der Waals surface area contributed by atoms with E-state index in [9.17, 15) is 9.59 Å². The number of H-pyrrole nitrogens is 1. The summed E-state index contributed by atoms with van der Waals surface area (Å²) in [4.78, 5) is 31.8. The summed E-state index contributed by atoms with van der Waals surface area (Å²) in [6.45, 7) is 3.58. The molecule has 3 aromatic rings. The third kappa shape index (κ3) is 4.03. The third-order valence-corrected chi connectivity index (χ3v) is 5.66. The number of amides is 3. The number of aromatic nitrogens is 1. The van der Waals surface area contributed by atoms with Gasteiger partial charge in [-0.15, -0.1) is 0 Å². The largest absolute Gasteiger partial charge is 0.361 e. The molecule has 3 amide bonds. The van der Waals surface area contributed by atoms with E-state index in [1.807, 2.05) is 24.3 Å². The average Bonchev–Trinajstić information content (AvgIpc) is 3.12. The predicted octanol–water partition coefficient (Wildman–Crippen LogP) is 4.56. The molecule has 0 spiro atoms. The highest BCUT2D eigenvalue weighted by molar-refractivity contribution is 6.18. The minimum absolute atomic E-state index is 0.330. The van der Waals surface area contributed by atoms with Crippen LogP contribution in [0.25, 0.3) is 10.9 Å². The first-order chi connectivity index (χ1) is 14.0. The second-order valence-corrected chi connectivity index (χ2v) is 7.70. The van der Waals surface area contributed by atoms with Gasteiger partial charge in [0.25, 0.3) is 0 Å². The molecule has 6 heteroatoms. The van der Waals surface area contributed by atoms with E-state index in [2.05, 4.69) is 28.4 Å². The lowest BCUT2D eigenvalue weighted by molar-refractivity contribution is -0.115. The zero-order valence-corrected chi connectivity index (χ0v) is 16.8. The fourth-order valence-electron chi connectivity index (χ4n) is 4.08. The molecule has 1 aromatic heterocycles. The van der Waals surface area contributed by atoms with E-state index in [1.165, 1.54) is 12.5 Å². The first-order valence-corrected chi connectivity index (χ1v) is 9.99. The summed E-state index contributed by atoms with van der Waals surface area (Å²) in [6.07, 6.45) is 4.36. The van der Waals surface area contributed by atoms with Gasteiger partial charge >= 0.3 is 6.03 Å². The number of nitrogens with one attached hydrogen (secondary N) is 2. The molecule has 1 aliphatic rings. The summed E-state index contributed by atoms with van der Waals surface area (Å²) in [7, 11) is 2.16. The van der Waals surface area contributed by atoms with Crippen molar-refractivity contribution in [2.45, 2.75) is 25.7 Å². The molecule has 150 valence electrons. The van der Waals surface area contributed by atoms with Gasteiger partial charge in [-0.2, -0.15) is 0 Å². The number of hydrogen-bond donors (Lipinski definition) is 2. The van der Waals surface area contributed by atoms with E-state index < -0.39 is 6.03 Å². The molecule has 0 saturated carbocycles. The molecule has 6 nitrogen and oxygen atoms in total. The standard InChI is InChI=1S/C23H26N4O2/c1-16(28)27(19-6-4-3-5-7-19)23(29)25-18-8-9-22-20(14-18)21(15-24-22)17-10-12-26(2)13-11-17/h3-9,14-15,17,24H,10-13H2,1-2H3,(H,25,29). The Labute approximate surface area is 170 Å². The lowest BCUT2D eigenvalue weighted by Gasteiger charge is -2.28. The van der Waals surface area contributed by atoms with Crippen molar-refractivity contribution >= 4 is 34.2 Å². The molecule has 0 bridgehead atoms. The monoisotopic (exact) mass is 390 g/mol. The van der Waals surface area contributed by atoms with Gasteiger partial charge in [0.15, 0.2) is 0 Å². The summed E-state index contributed by atoms with van der Waals surface area (Å²) >= 11 is 0. The van der Waals surface area contributed by atoms with E-state index >= 15 is 0 Å². The molecule has 1 aliphatic heterocycles. The van der Waals surface area contributed by atoms with Crippen LogP contribution in [0.3, 0.4) is 0 Å². The summed E-state index contributed by atoms with van der Waals surface area (Å²) < 4.78 is 0. The number of rotatable bonds is 3. The van der Waals surface area contributed by atoms with E-state index in [0.717, 1.165) is 41.7 Å². The average molecular weight is 390 g/mol. The lowest BCUT2D eigenvalue weighted by Crippen LogP contribution is -2.38. The van der Waals surface area contributed by atoms with Gasteiger partial charge in [0, 0.05) is 29.7 Å². The second kappa shape index (κ2) is 8.09. The Morgan fingerprint density at radius 1 is 1.10 bits per heavy atom. The van der Waals surface area contributed by atoms with Gasteiger partial charge in [-0.1, -0.05) is 18.2 Å². The van der Waals surface area contributed by atoms with Crippen molar-refractivity contribution in [2.75, 3.05) is 30.4 Å². The number of carbonyl (C=O) groups excluding carboxylic acids is 2. The Bertz CT molecular complexity index is 1020. The zero-order chi connectivity index (χ0) is 20.4. The van der Waals surface area contributed by atoms with Crippen molar-refractivity contribution in [2.24, 2.45) is 0 Å². The van der Waals surface area contributed by atoms with Gasteiger partial charge in [-0.3, -0.25) is 4.79 Å². The Morgan fingerprint density at radius 2 is 1.83 bits per heavy atom. The van der Waals surface area contributed by atoms with Gasteiger partial charge in [0.05, 0.1) is 5.69 Å². The van der Waals surface area contributed by atoms with E-state index in [1.54, 1.807) is 24.3 Å². The zero-order valence-electron chi connectivity index (χ0n) is 16.8. The predicted molar refractivity (Wildman–Crippen MR) is 116 cm³/mol. The molecule has 1 fully saturated rings. The van der Waals surface area contributed by atoms with Crippen LogP contribution in [0.5, 0.6) is 0 Å². The number of imide groups is 1. The molecule has 0 radical (unpaired) electrons.